The summed E-state index contributed by atoms with van der Waals surface area (Å²) in [6.45, 7) is 2.72. The summed E-state index contributed by atoms with van der Waals surface area (Å²) in [6, 6.07) is 3.57. The van der Waals surface area contributed by atoms with Crippen molar-refractivity contribution in [1.82, 2.24) is 0 Å². The minimum absolute atomic E-state index is 0.263. The standard InChI is InChI=1S/C12H15FN2O3/c1-2-5-12(16)7-14(8-12)11-4-3-9(15(17)18)6-10(11)13/h3-4,6,16H,2,5,7-8H2,1H3. The van der Waals surface area contributed by atoms with Crippen LogP contribution in [0.3, 0.4) is 0 Å². The van der Waals surface area contributed by atoms with E-state index in [0.717, 1.165) is 12.5 Å². The molecular formula is C12H15FN2O3. The Balaban J connectivity index is 2.10. The smallest absolute Gasteiger partial charge is 0.272 e. The van der Waals surface area contributed by atoms with Gasteiger partial charge in [-0.25, -0.2) is 4.39 Å². The van der Waals surface area contributed by atoms with Crippen LogP contribution in [0.1, 0.15) is 19.8 Å². The average molecular weight is 254 g/mol. The van der Waals surface area contributed by atoms with Crippen molar-refractivity contribution in [2.45, 2.75) is 25.4 Å². The van der Waals surface area contributed by atoms with Gasteiger partial charge in [-0.1, -0.05) is 13.3 Å². The number of halogens is 1. The Morgan fingerprint density at radius 1 is 1.56 bits per heavy atom. The molecule has 0 aromatic heterocycles. The van der Waals surface area contributed by atoms with Crippen LogP contribution in [0.15, 0.2) is 18.2 Å². The van der Waals surface area contributed by atoms with Crippen molar-refractivity contribution in [2.75, 3.05) is 18.0 Å². The molecule has 1 saturated heterocycles. The Morgan fingerprint density at radius 3 is 2.72 bits per heavy atom. The van der Waals surface area contributed by atoms with Gasteiger partial charge in [0, 0.05) is 19.2 Å². The van der Waals surface area contributed by atoms with Crippen molar-refractivity contribution in [1.29, 1.82) is 0 Å². The minimum atomic E-state index is -0.747. The van der Waals surface area contributed by atoms with Gasteiger partial charge >= 0.3 is 0 Å². The van der Waals surface area contributed by atoms with E-state index in [2.05, 4.69) is 0 Å². The molecule has 1 N–H and O–H groups in total. The molecule has 98 valence electrons. The molecular weight excluding hydrogens is 239 g/mol. The first kappa shape index (κ1) is 12.8. The maximum atomic E-state index is 13.7. The average Bonchev–Trinajstić information content (AvgIpc) is 2.26. The van der Waals surface area contributed by atoms with E-state index in [-0.39, 0.29) is 5.69 Å². The van der Waals surface area contributed by atoms with Crippen molar-refractivity contribution in [3.05, 3.63) is 34.1 Å². The van der Waals surface area contributed by atoms with Crippen LogP contribution in [-0.2, 0) is 0 Å². The van der Waals surface area contributed by atoms with Gasteiger partial charge < -0.3 is 10.0 Å². The van der Waals surface area contributed by atoms with Crippen LogP contribution in [0.25, 0.3) is 0 Å². The van der Waals surface area contributed by atoms with Crippen LogP contribution in [0.5, 0.6) is 0 Å². The fourth-order valence-corrected chi connectivity index (χ4v) is 2.32. The molecule has 0 unspecified atom stereocenters. The van der Waals surface area contributed by atoms with Gasteiger partial charge in [-0.2, -0.15) is 0 Å². The summed E-state index contributed by atoms with van der Waals surface area (Å²) in [4.78, 5) is 11.6. The number of anilines is 1. The molecule has 6 heteroatoms. The number of hydrogen-bond acceptors (Lipinski definition) is 4. The van der Waals surface area contributed by atoms with Gasteiger partial charge in [0.05, 0.1) is 22.3 Å². The second kappa shape index (κ2) is 4.53. The molecule has 1 aliphatic heterocycles. The zero-order valence-electron chi connectivity index (χ0n) is 10.1. The molecule has 0 radical (unpaired) electrons. The Bertz CT molecular complexity index is 472. The van der Waals surface area contributed by atoms with Crippen LogP contribution < -0.4 is 4.90 Å². The molecule has 18 heavy (non-hydrogen) atoms. The molecule has 0 amide bonds. The first-order valence-corrected chi connectivity index (χ1v) is 5.86. The zero-order chi connectivity index (χ0) is 13.3. The molecule has 1 aromatic carbocycles. The van der Waals surface area contributed by atoms with E-state index in [0.29, 0.717) is 25.2 Å². The summed E-state index contributed by atoms with van der Waals surface area (Å²) in [7, 11) is 0. The molecule has 0 spiro atoms. The lowest BCUT2D eigenvalue weighted by molar-refractivity contribution is -0.385. The van der Waals surface area contributed by atoms with E-state index < -0.39 is 16.3 Å². The fourth-order valence-electron chi connectivity index (χ4n) is 2.32. The van der Waals surface area contributed by atoms with Gasteiger partial charge in [0.25, 0.3) is 5.69 Å². The van der Waals surface area contributed by atoms with E-state index in [1.54, 1.807) is 4.90 Å². The van der Waals surface area contributed by atoms with Crippen LogP contribution in [0.4, 0.5) is 15.8 Å². The lowest BCUT2D eigenvalue weighted by Gasteiger charge is -2.48. The minimum Gasteiger partial charge on any atom is -0.386 e. The molecule has 1 aliphatic rings. The van der Waals surface area contributed by atoms with E-state index in [1.165, 1.54) is 12.1 Å². The maximum Gasteiger partial charge on any atom is 0.272 e. The van der Waals surface area contributed by atoms with E-state index in [1.807, 2.05) is 6.92 Å². The monoisotopic (exact) mass is 254 g/mol. The summed E-state index contributed by atoms with van der Waals surface area (Å²) in [5.41, 5.74) is -0.704. The second-order valence-electron chi connectivity index (χ2n) is 4.72. The highest BCUT2D eigenvalue weighted by molar-refractivity contribution is 5.55. The topological polar surface area (TPSA) is 66.6 Å². The predicted molar refractivity (Wildman–Crippen MR) is 65.1 cm³/mol. The summed E-state index contributed by atoms with van der Waals surface area (Å²) in [5, 5.41) is 20.5. The van der Waals surface area contributed by atoms with Crippen molar-refractivity contribution in [3.63, 3.8) is 0 Å². The molecule has 0 saturated carbocycles. The molecule has 1 heterocycles. The molecule has 0 bridgehead atoms. The van der Waals surface area contributed by atoms with Gasteiger partial charge in [-0.05, 0) is 12.5 Å². The van der Waals surface area contributed by atoms with Crippen molar-refractivity contribution in [2.24, 2.45) is 0 Å². The zero-order valence-corrected chi connectivity index (χ0v) is 10.1. The first-order valence-electron chi connectivity index (χ1n) is 5.86. The molecule has 5 nitrogen and oxygen atoms in total. The van der Waals surface area contributed by atoms with E-state index in [9.17, 15) is 19.6 Å². The SMILES string of the molecule is CCCC1(O)CN(c2ccc([N+](=O)[O-])cc2F)C1. The number of nitro groups is 1. The molecule has 1 aromatic rings. The van der Waals surface area contributed by atoms with Crippen molar-refractivity contribution in [3.8, 4) is 0 Å². The molecule has 2 rings (SSSR count). The highest BCUT2D eigenvalue weighted by atomic mass is 19.1. The number of rotatable bonds is 4. The van der Waals surface area contributed by atoms with Crippen LogP contribution in [0, 0.1) is 15.9 Å². The Morgan fingerprint density at radius 2 is 2.22 bits per heavy atom. The molecule has 0 atom stereocenters. The number of benzene rings is 1. The Hall–Kier alpha value is -1.69. The quantitative estimate of drug-likeness (QED) is 0.660. The Labute approximate surface area is 104 Å². The highest BCUT2D eigenvalue weighted by Crippen LogP contribution is 2.33. The predicted octanol–water partition coefficient (Wildman–Crippen LogP) is 2.09. The van der Waals surface area contributed by atoms with Crippen LogP contribution in [0.2, 0.25) is 0 Å². The number of β-amino-alcohol motifs (C(OH)–C–C–N with tert-alkyl or cyclic N) is 1. The number of nitrogens with zero attached hydrogens (tertiary/aromatic N) is 2. The molecule has 1 fully saturated rings. The first-order chi connectivity index (χ1) is 8.45. The van der Waals surface area contributed by atoms with Crippen molar-refractivity contribution < 1.29 is 14.4 Å². The number of nitro benzene ring substituents is 1. The van der Waals surface area contributed by atoms with Gasteiger partial charge in [0.2, 0.25) is 0 Å². The summed E-state index contributed by atoms with van der Waals surface area (Å²) in [5.74, 6) is -0.622. The van der Waals surface area contributed by atoms with E-state index in [4.69, 9.17) is 0 Å². The summed E-state index contributed by atoms with van der Waals surface area (Å²) < 4.78 is 13.7. The van der Waals surface area contributed by atoms with Gasteiger partial charge in [-0.15, -0.1) is 0 Å². The largest absolute Gasteiger partial charge is 0.386 e. The normalized spacial score (nSPS) is 17.4. The van der Waals surface area contributed by atoms with Crippen LogP contribution in [-0.4, -0.2) is 28.7 Å². The van der Waals surface area contributed by atoms with Gasteiger partial charge in [-0.3, -0.25) is 10.1 Å². The summed E-state index contributed by atoms with van der Waals surface area (Å²) in [6.07, 6.45) is 1.55. The third-order valence-electron chi connectivity index (χ3n) is 3.17. The highest BCUT2D eigenvalue weighted by Gasteiger charge is 2.41. The third kappa shape index (κ3) is 2.28. The number of aliphatic hydroxyl groups is 1. The van der Waals surface area contributed by atoms with Gasteiger partial charge in [0.15, 0.2) is 5.82 Å². The third-order valence-corrected chi connectivity index (χ3v) is 3.17. The molecule has 0 aliphatic carbocycles. The van der Waals surface area contributed by atoms with Gasteiger partial charge in [0.1, 0.15) is 0 Å². The second-order valence-corrected chi connectivity index (χ2v) is 4.72. The Kier molecular flexibility index (Phi) is 3.21. The number of hydrogen-bond donors (Lipinski definition) is 1. The van der Waals surface area contributed by atoms with E-state index >= 15 is 0 Å². The van der Waals surface area contributed by atoms with Crippen molar-refractivity contribution >= 4 is 11.4 Å². The number of non-ortho nitro benzene ring substituents is 1. The maximum absolute atomic E-state index is 13.7. The van der Waals surface area contributed by atoms with Crippen LogP contribution >= 0.6 is 0 Å². The fraction of sp³-hybridized carbons (Fsp3) is 0.500. The summed E-state index contributed by atoms with van der Waals surface area (Å²) >= 11 is 0. The lowest BCUT2D eigenvalue weighted by atomic mass is 9.89. The lowest BCUT2D eigenvalue weighted by Crippen LogP contribution is -2.62.